The molecule has 130 valence electrons. The molecule has 1 heterocycles. The van der Waals surface area contributed by atoms with Crippen molar-refractivity contribution in [2.45, 2.75) is 39.7 Å². The van der Waals surface area contributed by atoms with Crippen LogP contribution in [-0.2, 0) is 4.74 Å². The van der Waals surface area contributed by atoms with Crippen LogP contribution in [0.4, 0.5) is 5.82 Å². The van der Waals surface area contributed by atoms with Gasteiger partial charge in [0.25, 0.3) is 0 Å². The van der Waals surface area contributed by atoms with Gasteiger partial charge in [-0.25, -0.2) is 9.97 Å². The molecule has 2 rings (SSSR count). The van der Waals surface area contributed by atoms with Crippen molar-refractivity contribution in [3.8, 4) is 17.2 Å². The molecule has 1 atom stereocenters. The molecule has 0 saturated carbocycles. The van der Waals surface area contributed by atoms with E-state index in [1.165, 1.54) is 0 Å². The lowest BCUT2D eigenvalue weighted by Crippen LogP contribution is -2.05. The van der Waals surface area contributed by atoms with Crippen molar-refractivity contribution >= 4 is 5.82 Å². The summed E-state index contributed by atoms with van der Waals surface area (Å²) in [4.78, 5) is 8.30. The number of nitrogen functional groups attached to an aromatic ring is 1. The zero-order valence-corrected chi connectivity index (χ0v) is 15.1. The van der Waals surface area contributed by atoms with Crippen LogP contribution < -0.4 is 15.2 Å². The summed E-state index contributed by atoms with van der Waals surface area (Å²) in [5.41, 5.74) is 7.87. The number of methoxy groups -OCH3 is 2. The molecule has 6 heteroatoms. The Kier molecular flexibility index (Phi) is 5.62. The average molecular weight is 331 g/mol. The molecule has 0 fully saturated rings. The van der Waals surface area contributed by atoms with Crippen molar-refractivity contribution < 1.29 is 14.2 Å². The molecule has 0 bridgehead atoms. The van der Waals surface area contributed by atoms with Crippen LogP contribution in [0.2, 0.25) is 0 Å². The highest BCUT2D eigenvalue weighted by atomic mass is 16.5. The van der Waals surface area contributed by atoms with Crippen LogP contribution in [0.25, 0.3) is 0 Å². The minimum Gasteiger partial charge on any atom is -0.496 e. The molecule has 1 aromatic carbocycles. The third-order valence-electron chi connectivity index (χ3n) is 3.90. The summed E-state index contributed by atoms with van der Waals surface area (Å²) in [5.74, 6) is 3.07. The molecule has 24 heavy (non-hydrogen) atoms. The Labute approximate surface area is 143 Å². The number of benzene rings is 1. The van der Waals surface area contributed by atoms with Gasteiger partial charge < -0.3 is 19.9 Å². The first kappa shape index (κ1) is 18.0. The second-order valence-electron chi connectivity index (χ2n) is 5.93. The molecule has 0 aliphatic rings. The van der Waals surface area contributed by atoms with E-state index in [0.717, 1.165) is 16.9 Å². The quantitative estimate of drug-likeness (QED) is 0.862. The summed E-state index contributed by atoms with van der Waals surface area (Å²) in [6.07, 6.45) is 1.46. The molecule has 0 amide bonds. The molecule has 0 aliphatic carbocycles. The minimum absolute atomic E-state index is 0.130. The van der Waals surface area contributed by atoms with Gasteiger partial charge >= 0.3 is 0 Å². The largest absolute Gasteiger partial charge is 0.496 e. The van der Waals surface area contributed by atoms with Crippen molar-refractivity contribution in [1.82, 2.24) is 9.97 Å². The highest BCUT2D eigenvalue weighted by Gasteiger charge is 2.19. The van der Waals surface area contributed by atoms with Gasteiger partial charge in [-0.05, 0) is 31.9 Å². The standard InChI is InChI=1S/C18H25N3O3/c1-10(2)13-7-15(23-6)14(11(3)22-5)8-16(13)24-17-9-20-12(4)21-18(17)19/h7-11H,1-6H3,(H2,19,20,21). The lowest BCUT2D eigenvalue weighted by molar-refractivity contribution is 0.116. The van der Waals surface area contributed by atoms with E-state index in [4.69, 9.17) is 19.9 Å². The first-order valence-corrected chi connectivity index (χ1v) is 7.89. The number of nitrogens with zero attached hydrogens (tertiary/aromatic N) is 2. The first-order valence-electron chi connectivity index (χ1n) is 7.89. The summed E-state index contributed by atoms with van der Waals surface area (Å²) in [7, 11) is 3.31. The monoisotopic (exact) mass is 331 g/mol. The summed E-state index contributed by atoms with van der Waals surface area (Å²) < 4.78 is 17.0. The summed E-state index contributed by atoms with van der Waals surface area (Å²) in [6, 6.07) is 3.91. The van der Waals surface area contributed by atoms with Gasteiger partial charge in [-0.2, -0.15) is 0 Å². The Balaban J connectivity index is 2.53. The SMILES string of the molecule is COc1cc(C(C)C)c(Oc2cnc(C)nc2N)cc1C(C)OC. The van der Waals surface area contributed by atoms with Gasteiger partial charge in [-0.15, -0.1) is 0 Å². The Hall–Kier alpha value is -2.34. The van der Waals surface area contributed by atoms with Crippen LogP contribution in [0.15, 0.2) is 18.3 Å². The summed E-state index contributed by atoms with van der Waals surface area (Å²) in [6.45, 7) is 7.93. The minimum atomic E-state index is -0.130. The van der Waals surface area contributed by atoms with Crippen molar-refractivity contribution in [3.05, 3.63) is 35.3 Å². The van der Waals surface area contributed by atoms with E-state index in [9.17, 15) is 0 Å². The fourth-order valence-corrected chi connectivity index (χ4v) is 2.43. The number of hydrogen-bond donors (Lipinski definition) is 1. The Bertz CT molecular complexity index is 717. The number of nitrogens with two attached hydrogens (primary N) is 1. The van der Waals surface area contributed by atoms with Crippen molar-refractivity contribution in [2.75, 3.05) is 20.0 Å². The smallest absolute Gasteiger partial charge is 0.187 e. The maximum Gasteiger partial charge on any atom is 0.187 e. The zero-order chi connectivity index (χ0) is 17.9. The molecule has 0 saturated heterocycles. The van der Waals surface area contributed by atoms with Crippen molar-refractivity contribution in [1.29, 1.82) is 0 Å². The number of ether oxygens (including phenoxy) is 3. The van der Waals surface area contributed by atoms with Gasteiger partial charge in [-0.3, -0.25) is 0 Å². The van der Waals surface area contributed by atoms with E-state index in [0.29, 0.717) is 23.1 Å². The van der Waals surface area contributed by atoms with E-state index in [2.05, 4.69) is 23.8 Å². The molecule has 2 aromatic rings. The van der Waals surface area contributed by atoms with Crippen molar-refractivity contribution in [3.63, 3.8) is 0 Å². The molecular formula is C18H25N3O3. The van der Waals surface area contributed by atoms with Gasteiger partial charge in [0.1, 0.15) is 17.3 Å². The maximum absolute atomic E-state index is 6.03. The molecular weight excluding hydrogens is 306 g/mol. The topological polar surface area (TPSA) is 79.5 Å². The maximum atomic E-state index is 6.03. The van der Waals surface area contributed by atoms with Gasteiger partial charge in [0, 0.05) is 18.2 Å². The number of aromatic nitrogens is 2. The van der Waals surface area contributed by atoms with Gasteiger partial charge in [0.15, 0.2) is 11.6 Å². The van der Waals surface area contributed by atoms with Crippen LogP contribution in [0, 0.1) is 6.92 Å². The molecule has 1 unspecified atom stereocenters. The number of hydrogen-bond acceptors (Lipinski definition) is 6. The number of rotatable bonds is 6. The van der Waals surface area contributed by atoms with Crippen LogP contribution >= 0.6 is 0 Å². The first-order chi connectivity index (χ1) is 11.4. The fraction of sp³-hybridized carbons (Fsp3) is 0.444. The third kappa shape index (κ3) is 3.76. The van der Waals surface area contributed by atoms with E-state index in [1.807, 2.05) is 19.1 Å². The van der Waals surface area contributed by atoms with E-state index >= 15 is 0 Å². The summed E-state index contributed by atoms with van der Waals surface area (Å²) >= 11 is 0. The molecule has 1 aromatic heterocycles. The highest BCUT2D eigenvalue weighted by Crippen LogP contribution is 2.39. The van der Waals surface area contributed by atoms with E-state index in [1.54, 1.807) is 27.3 Å². The third-order valence-corrected chi connectivity index (χ3v) is 3.90. The highest BCUT2D eigenvalue weighted by molar-refractivity contribution is 5.53. The molecule has 6 nitrogen and oxygen atoms in total. The average Bonchev–Trinajstić information content (AvgIpc) is 2.55. The molecule has 2 N–H and O–H groups in total. The van der Waals surface area contributed by atoms with Gasteiger partial charge in [-0.1, -0.05) is 13.8 Å². The van der Waals surface area contributed by atoms with E-state index in [-0.39, 0.29) is 12.0 Å². The Morgan fingerprint density at radius 1 is 1.00 bits per heavy atom. The predicted octanol–water partition coefficient (Wildman–Crippen LogP) is 4.00. The lowest BCUT2D eigenvalue weighted by Gasteiger charge is -2.21. The summed E-state index contributed by atoms with van der Waals surface area (Å²) in [5, 5.41) is 0. The van der Waals surface area contributed by atoms with Crippen LogP contribution in [-0.4, -0.2) is 24.2 Å². The number of anilines is 1. The van der Waals surface area contributed by atoms with Crippen LogP contribution in [0.5, 0.6) is 17.2 Å². The second kappa shape index (κ2) is 7.49. The van der Waals surface area contributed by atoms with Crippen LogP contribution in [0.1, 0.15) is 49.7 Å². The Morgan fingerprint density at radius 3 is 2.21 bits per heavy atom. The van der Waals surface area contributed by atoms with E-state index < -0.39 is 0 Å². The zero-order valence-electron chi connectivity index (χ0n) is 15.1. The predicted molar refractivity (Wildman–Crippen MR) is 93.8 cm³/mol. The normalized spacial score (nSPS) is 12.3. The van der Waals surface area contributed by atoms with Gasteiger partial charge in [0.2, 0.25) is 0 Å². The lowest BCUT2D eigenvalue weighted by atomic mass is 9.97. The van der Waals surface area contributed by atoms with Gasteiger partial charge in [0.05, 0.1) is 19.4 Å². The number of aryl methyl sites for hydroxylation is 1. The second-order valence-corrected chi connectivity index (χ2v) is 5.93. The van der Waals surface area contributed by atoms with Crippen LogP contribution in [0.3, 0.4) is 0 Å². The molecule has 0 spiro atoms. The molecule has 0 aliphatic heterocycles. The fourth-order valence-electron chi connectivity index (χ4n) is 2.43. The van der Waals surface area contributed by atoms with Crippen molar-refractivity contribution in [2.24, 2.45) is 0 Å². The Morgan fingerprint density at radius 2 is 1.67 bits per heavy atom. The molecule has 0 radical (unpaired) electrons.